The lowest BCUT2D eigenvalue weighted by atomic mass is 9.87. The summed E-state index contributed by atoms with van der Waals surface area (Å²) < 4.78 is 38.5. The third-order valence-electron chi connectivity index (χ3n) is 7.67. The number of hydrogen-bond donors (Lipinski definition) is 4. The van der Waals surface area contributed by atoms with Crippen LogP contribution >= 0.6 is 0 Å². The fourth-order valence-corrected chi connectivity index (χ4v) is 6.07. The topological polar surface area (TPSA) is 154 Å². The summed E-state index contributed by atoms with van der Waals surface area (Å²) in [5.74, 6) is 2.47. The highest BCUT2D eigenvalue weighted by Gasteiger charge is 2.21. The molecule has 1 atom stereocenters. The lowest BCUT2D eigenvalue weighted by molar-refractivity contribution is -0.114. The number of sulfonamides is 1. The van der Waals surface area contributed by atoms with Crippen molar-refractivity contribution in [3.63, 3.8) is 0 Å². The standard InChI is InChI=1S/C37H49N3O6S/c1-7-9-31(41)11-10-26(5)45-37-25(4)19-28(16-17-38)35(34(37)8-2)22-29-20-27(21-30(39)23-40-47(6,43)44)18-24(3)36(29)46-33-14-12-32(42)13-15-33/h10-15,18-20,30,40,42H,5,7-9,16-17,21-23,38-39H2,1-4,6H3/b11-10-. The van der Waals surface area contributed by atoms with Crippen LogP contribution in [0.25, 0.3) is 0 Å². The van der Waals surface area contributed by atoms with Crippen molar-refractivity contribution in [3.8, 4) is 23.0 Å². The predicted octanol–water partition coefficient (Wildman–Crippen LogP) is 5.69. The third-order valence-corrected chi connectivity index (χ3v) is 8.36. The number of aromatic hydroxyl groups is 1. The molecule has 6 N–H and O–H groups in total. The Hall–Kier alpha value is -3.96. The van der Waals surface area contributed by atoms with Gasteiger partial charge in [0.1, 0.15) is 28.8 Å². The van der Waals surface area contributed by atoms with Gasteiger partial charge in [-0.2, -0.15) is 0 Å². The van der Waals surface area contributed by atoms with Crippen molar-refractivity contribution in [3.05, 3.63) is 106 Å². The Morgan fingerprint density at radius 3 is 2.32 bits per heavy atom. The first-order valence-corrected chi connectivity index (χ1v) is 17.8. The first-order valence-electron chi connectivity index (χ1n) is 16.0. The molecule has 3 rings (SSSR count). The van der Waals surface area contributed by atoms with E-state index in [4.69, 9.17) is 20.9 Å². The van der Waals surface area contributed by atoms with Crippen LogP contribution in [0.5, 0.6) is 23.0 Å². The molecule has 0 aliphatic rings. The molecule has 0 heterocycles. The summed E-state index contributed by atoms with van der Waals surface area (Å²) in [6, 6.07) is 12.3. The average molecular weight is 664 g/mol. The molecule has 0 bridgehead atoms. The fraction of sp³-hybridized carbons (Fsp3) is 0.378. The molecule has 0 saturated heterocycles. The molecule has 0 fully saturated rings. The second kappa shape index (κ2) is 17.3. The van der Waals surface area contributed by atoms with Crippen LogP contribution in [0.15, 0.2) is 67.0 Å². The van der Waals surface area contributed by atoms with E-state index in [-0.39, 0.29) is 18.1 Å². The Kier molecular flexibility index (Phi) is 13.8. The molecular formula is C37H49N3O6S. The van der Waals surface area contributed by atoms with Crippen LogP contribution in [0.3, 0.4) is 0 Å². The molecule has 0 saturated carbocycles. The molecule has 0 aliphatic heterocycles. The summed E-state index contributed by atoms with van der Waals surface area (Å²) in [6.07, 6.45) is 7.73. The molecule has 10 heteroatoms. The smallest absolute Gasteiger partial charge is 0.208 e. The number of rotatable bonds is 18. The van der Waals surface area contributed by atoms with E-state index >= 15 is 0 Å². The van der Waals surface area contributed by atoms with E-state index in [1.54, 1.807) is 30.3 Å². The van der Waals surface area contributed by atoms with Crippen molar-refractivity contribution in [2.45, 2.75) is 72.3 Å². The van der Waals surface area contributed by atoms with Crippen LogP contribution in [0.2, 0.25) is 0 Å². The molecule has 9 nitrogen and oxygen atoms in total. The lowest BCUT2D eigenvalue weighted by Gasteiger charge is -2.23. The highest BCUT2D eigenvalue weighted by atomic mass is 32.2. The maximum absolute atomic E-state index is 12.1. The van der Waals surface area contributed by atoms with Gasteiger partial charge in [-0.25, -0.2) is 13.1 Å². The summed E-state index contributed by atoms with van der Waals surface area (Å²) in [6.45, 7) is 12.6. The van der Waals surface area contributed by atoms with Gasteiger partial charge in [-0.05, 0) is 121 Å². The second-order valence-electron chi connectivity index (χ2n) is 11.9. The minimum absolute atomic E-state index is 0.0203. The molecular weight excluding hydrogens is 614 g/mol. The lowest BCUT2D eigenvalue weighted by Crippen LogP contribution is -2.38. The SMILES string of the molecule is C=C(/C=C\C(=O)CCC)Oc1c(C)cc(CCN)c(Cc2cc(CC(N)CNS(C)(=O)=O)cc(C)c2Oc2ccc(O)cc2)c1CC. The van der Waals surface area contributed by atoms with Gasteiger partial charge in [-0.3, -0.25) is 4.79 Å². The number of ketones is 1. The summed E-state index contributed by atoms with van der Waals surface area (Å²) in [5, 5.41) is 9.82. The zero-order valence-electron chi connectivity index (χ0n) is 28.2. The van der Waals surface area contributed by atoms with Crippen molar-refractivity contribution in [2.24, 2.45) is 11.5 Å². The molecule has 3 aromatic carbocycles. The van der Waals surface area contributed by atoms with E-state index < -0.39 is 16.1 Å². The van der Waals surface area contributed by atoms with E-state index in [1.165, 1.54) is 6.08 Å². The number of phenols is 1. The van der Waals surface area contributed by atoms with Gasteiger partial charge < -0.3 is 26.0 Å². The van der Waals surface area contributed by atoms with Crippen LogP contribution in [0.4, 0.5) is 0 Å². The largest absolute Gasteiger partial charge is 0.508 e. The van der Waals surface area contributed by atoms with Crippen LogP contribution in [0.1, 0.15) is 65.6 Å². The minimum Gasteiger partial charge on any atom is -0.508 e. The van der Waals surface area contributed by atoms with Gasteiger partial charge in [0.15, 0.2) is 5.78 Å². The van der Waals surface area contributed by atoms with Gasteiger partial charge in [0.05, 0.1) is 6.26 Å². The summed E-state index contributed by atoms with van der Waals surface area (Å²) in [5.41, 5.74) is 19.3. The maximum Gasteiger partial charge on any atom is 0.208 e. The number of allylic oxidation sites excluding steroid dienone is 2. The number of ether oxygens (including phenoxy) is 2. The number of hydrogen-bond acceptors (Lipinski definition) is 8. The van der Waals surface area contributed by atoms with Crippen LogP contribution in [0, 0.1) is 13.8 Å². The third kappa shape index (κ3) is 11.4. The molecule has 3 aromatic rings. The minimum atomic E-state index is -3.38. The zero-order valence-corrected chi connectivity index (χ0v) is 29.0. The van der Waals surface area contributed by atoms with E-state index in [9.17, 15) is 18.3 Å². The van der Waals surface area contributed by atoms with Crippen molar-refractivity contribution < 1.29 is 27.8 Å². The summed E-state index contributed by atoms with van der Waals surface area (Å²) in [7, 11) is -3.38. The Bertz CT molecular complexity index is 1700. The Morgan fingerprint density at radius 2 is 1.70 bits per heavy atom. The molecule has 1 unspecified atom stereocenters. The normalized spacial score (nSPS) is 12.3. The molecule has 0 aliphatic carbocycles. The van der Waals surface area contributed by atoms with Crippen LogP contribution in [-0.2, 0) is 40.5 Å². The molecule has 0 spiro atoms. The number of benzene rings is 3. The number of aryl methyl sites for hydroxylation is 2. The van der Waals surface area contributed by atoms with E-state index in [0.29, 0.717) is 61.7 Å². The van der Waals surface area contributed by atoms with E-state index in [0.717, 1.165) is 51.6 Å². The Morgan fingerprint density at radius 1 is 1.02 bits per heavy atom. The molecule has 47 heavy (non-hydrogen) atoms. The molecule has 0 radical (unpaired) electrons. The van der Waals surface area contributed by atoms with Gasteiger partial charge in [0, 0.05) is 25.4 Å². The monoisotopic (exact) mass is 663 g/mol. The summed E-state index contributed by atoms with van der Waals surface area (Å²) >= 11 is 0. The fourth-order valence-electron chi connectivity index (χ4n) is 5.56. The van der Waals surface area contributed by atoms with Crippen molar-refractivity contribution >= 4 is 15.8 Å². The highest BCUT2D eigenvalue weighted by molar-refractivity contribution is 7.88. The number of nitrogens with two attached hydrogens (primary N) is 2. The maximum atomic E-state index is 12.1. The Labute approximate surface area is 279 Å². The summed E-state index contributed by atoms with van der Waals surface area (Å²) in [4.78, 5) is 12.1. The molecule has 0 amide bonds. The molecule has 254 valence electrons. The van der Waals surface area contributed by atoms with Crippen molar-refractivity contribution in [1.29, 1.82) is 0 Å². The first-order chi connectivity index (χ1) is 22.2. The number of carbonyl (C=O) groups is 1. The second-order valence-corrected chi connectivity index (χ2v) is 13.7. The zero-order chi connectivity index (χ0) is 34.7. The van der Waals surface area contributed by atoms with Crippen molar-refractivity contribution in [2.75, 3.05) is 19.3 Å². The quantitative estimate of drug-likeness (QED) is 0.0769. The molecule has 0 aromatic heterocycles. The Balaban J connectivity index is 2.12. The highest BCUT2D eigenvalue weighted by Crippen LogP contribution is 2.38. The van der Waals surface area contributed by atoms with Gasteiger partial charge in [-0.15, -0.1) is 0 Å². The van der Waals surface area contributed by atoms with Gasteiger partial charge in [0.2, 0.25) is 10.0 Å². The van der Waals surface area contributed by atoms with E-state index in [2.05, 4.69) is 30.4 Å². The number of nitrogens with one attached hydrogen (secondary N) is 1. The van der Waals surface area contributed by atoms with Gasteiger partial charge in [-0.1, -0.05) is 38.6 Å². The predicted molar refractivity (Wildman–Crippen MR) is 189 cm³/mol. The average Bonchev–Trinajstić information content (AvgIpc) is 3.00. The number of phenolic OH excluding ortho intramolecular Hbond substituents is 1. The number of carbonyl (C=O) groups excluding carboxylic acids is 1. The van der Waals surface area contributed by atoms with Crippen LogP contribution in [-0.4, -0.2) is 44.7 Å². The van der Waals surface area contributed by atoms with Gasteiger partial charge in [0.25, 0.3) is 0 Å². The van der Waals surface area contributed by atoms with Crippen LogP contribution < -0.4 is 25.7 Å². The first kappa shape index (κ1) is 37.5. The van der Waals surface area contributed by atoms with Gasteiger partial charge >= 0.3 is 0 Å². The van der Waals surface area contributed by atoms with Crippen molar-refractivity contribution in [1.82, 2.24) is 4.72 Å². The van der Waals surface area contributed by atoms with E-state index in [1.807, 2.05) is 26.8 Å².